The first-order chi connectivity index (χ1) is 11.1. The van der Waals surface area contributed by atoms with Gasteiger partial charge in [-0.1, -0.05) is 24.3 Å². The Morgan fingerprint density at radius 2 is 1.87 bits per heavy atom. The van der Waals surface area contributed by atoms with Crippen LogP contribution in [0.4, 0.5) is 4.39 Å². The van der Waals surface area contributed by atoms with Crippen LogP contribution in [-0.2, 0) is 0 Å². The van der Waals surface area contributed by atoms with Crippen LogP contribution in [0.3, 0.4) is 0 Å². The van der Waals surface area contributed by atoms with Crippen molar-refractivity contribution < 1.29 is 13.6 Å². The highest BCUT2D eigenvalue weighted by molar-refractivity contribution is 5.98. The third-order valence-corrected chi connectivity index (χ3v) is 4.17. The fourth-order valence-corrected chi connectivity index (χ4v) is 3.10. The maximum absolute atomic E-state index is 13.6. The molecule has 0 saturated carbocycles. The molecule has 1 aliphatic heterocycles. The van der Waals surface area contributed by atoms with Crippen LogP contribution in [-0.4, -0.2) is 17.9 Å². The van der Waals surface area contributed by atoms with Gasteiger partial charge in [0, 0.05) is 7.05 Å². The lowest BCUT2D eigenvalue weighted by molar-refractivity contribution is 0.0771. The van der Waals surface area contributed by atoms with Gasteiger partial charge in [0.25, 0.3) is 5.91 Å². The molecule has 1 aliphatic rings. The molecule has 0 fully saturated rings. The molecule has 2 aromatic carbocycles. The smallest absolute Gasteiger partial charge is 0.290 e. The van der Waals surface area contributed by atoms with Crippen LogP contribution < -0.4 is 5.43 Å². The SMILES string of the molecule is CN1C(=O)c2oc3ccccc3c(=O)c2C1c1cccc(F)c1. The van der Waals surface area contributed by atoms with Gasteiger partial charge in [-0.15, -0.1) is 0 Å². The highest BCUT2D eigenvalue weighted by atomic mass is 19.1. The highest BCUT2D eigenvalue weighted by Gasteiger charge is 2.40. The van der Waals surface area contributed by atoms with Gasteiger partial charge in [-0.2, -0.15) is 0 Å². The van der Waals surface area contributed by atoms with Crippen molar-refractivity contribution in [2.24, 2.45) is 0 Å². The number of carbonyl (C=O) groups excluding carboxylic acids is 1. The molecule has 0 saturated heterocycles. The van der Waals surface area contributed by atoms with E-state index < -0.39 is 11.9 Å². The van der Waals surface area contributed by atoms with E-state index in [1.807, 2.05) is 0 Å². The molecule has 0 bridgehead atoms. The molecule has 3 aromatic rings. The monoisotopic (exact) mass is 309 g/mol. The van der Waals surface area contributed by atoms with E-state index in [1.54, 1.807) is 43.4 Å². The summed E-state index contributed by atoms with van der Waals surface area (Å²) < 4.78 is 19.2. The van der Waals surface area contributed by atoms with Crippen LogP contribution in [0, 0.1) is 5.82 Å². The maximum Gasteiger partial charge on any atom is 0.290 e. The molecule has 2 heterocycles. The third-order valence-electron chi connectivity index (χ3n) is 4.17. The first kappa shape index (κ1) is 13.7. The Hall–Kier alpha value is -2.95. The zero-order valence-electron chi connectivity index (χ0n) is 12.2. The van der Waals surface area contributed by atoms with Crippen molar-refractivity contribution in [2.45, 2.75) is 6.04 Å². The van der Waals surface area contributed by atoms with Crippen LogP contribution in [0.2, 0.25) is 0 Å². The summed E-state index contributed by atoms with van der Waals surface area (Å²) in [5.74, 6) is -0.760. The van der Waals surface area contributed by atoms with E-state index in [0.29, 0.717) is 16.5 Å². The molecule has 1 aromatic heterocycles. The number of carbonyl (C=O) groups is 1. The Morgan fingerprint density at radius 3 is 2.65 bits per heavy atom. The molecular weight excluding hydrogens is 297 g/mol. The van der Waals surface area contributed by atoms with Gasteiger partial charge in [0.1, 0.15) is 11.4 Å². The summed E-state index contributed by atoms with van der Waals surface area (Å²) in [5.41, 5.74) is 0.927. The number of benzene rings is 2. The fourth-order valence-electron chi connectivity index (χ4n) is 3.10. The number of amides is 1. The Balaban J connectivity index is 2.05. The Bertz CT molecular complexity index is 1010. The first-order valence-corrected chi connectivity index (χ1v) is 7.16. The highest BCUT2D eigenvalue weighted by Crippen LogP contribution is 2.36. The van der Waals surface area contributed by atoms with Crippen LogP contribution >= 0.6 is 0 Å². The standard InChI is InChI=1S/C18H12FNO3/c1-20-15(10-5-4-6-11(19)9-10)14-16(21)12-7-2-3-8-13(12)23-17(14)18(20)22/h2-9,15H,1H3. The molecule has 23 heavy (non-hydrogen) atoms. The van der Waals surface area contributed by atoms with Gasteiger partial charge in [0.05, 0.1) is 17.0 Å². The molecule has 4 rings (SSSR count). The maximum atomic E-state index is 13.6. The zero-order valence-corrected chi connectivity index (χ0v) is 12.2. The summed E-state index contributed by atoms with van der Waals surface area (Å²) in [5, 5.41) is 0.413. The number of para-hydroxylation sites is 1. The van der Waals surface area contributed by atoms with E-state index in [9.17, 15) is 14.0 Å². The number of nitrogens with zero attached hydrogens (tertiary/aromatic N) is 1. The summed E-state index contributed by atoms with van der Waals surface area (Å²) >= 11 is 0. The second kappa shape index (κ2) is 4.78. The molecule has 1 unspecified atom stereocenters. The number of fused-ring (bicyclic) bond motifs is 2. The molecule has 114 valence electrons. The predicted molar refractivity (Wildman–Crippen MR) is 82.8 cm³/mol. The second-order valence-corrected chi connectivity index (χ2v) is 5.54. The number of rotatable bonds is 1. The topological polar surface area (TPSA) is 50.5 Å². The first-order valence-electron chi connectivity index (χ1n) is 7.16. The minimum Gasteiger partial charge on any atom is -0.450 e. The van der Waals surface area contributed by atoms with E-state index in [1.165, 1.54) is 17.0 Å². The molecule has 1 atom stereocenters. The van der Waals surface area contributed by atoms with Crippen molar-refractivity contribution in [2.75, 3.05) is 7.05 Å². The average molecular weight is 309 g/mol. The van der Waals surface area contributed by atoms with Gasteiger partial charge >= 0.3 is 0 Å². The van der Waals surface area contributed by atoms with Crippen molar-refractivity contribution in [3.8, 4) is 0 Å². The van der Waals surface area contributed by atoms with Crippen LogP contribution in [0.1, 0.15) is 27.7 Å². The van der Waals surface area contributed by atoms with Crippen molar-refractivity contribution in [3.63, 3.8) is 0 Å². The summed E-state index contributed by atoms with van der Waals surface area (Å²) in [6.45, 7) is 0. The van der Waals surface area contributed by atoms with Crippen molar-refractivity contribution in [1.29, 1.82) is 0 Å². The quantitative estimate of drug-likeness (QED) is 0.694. The van der Waals surface area contributed by atoms with Crippen molar-refractivity contribution in [3.05, 3.63) is 81.5 Å². The molecule has 0 spiro atoms. The van der Waals surface area contributed by atoms with Gasteiger partial charge in [-0.25, -0.2) is 4.39 Å². The lowest BCUT2D eigenvalue weighted by atomic mass is 9.99. The average Bonchev–Trinajstić information content (AvgIpc) is 2.80. The molecular formula is C18H12FNO3. The second-order valence-electron chi connectivity index (χ2n) is 5.54. The molecule has 0 aliphatic carbocycles. The zero-order chi connectivity index (χ0) is 16.1. The number of halogens is 1. The minimum atomic E-state index is -0.644. The predicted octanol–water partition coefficient (Wildman–Crippen LogP) is 3.11. The Morgan fingerprint density at radius 1 is 1.09 bits per heavy atom. The molecule has 0 N–H and O–H groups in total. The van der Waals surface area contributed by atoms with Gasteiger partial charge in [0.15, 0.2) is 5.43 Å². The van der Waals surface area contributed by atoms with E-state index in [2.05, 4.69) is 0 Å². The molecule has 4 nitrogen and oxygen atoms in total. The van der Waals surface area contributed by atoms with Crippen LogP contribution in [0.15, 0.2) is 57.7 Å². The van der Waals surface area contributed by atoms with Gasteiger partial charge < -0.3 is 9.32 Å². The van der Waals surface area contributed by atoms with E-state index in [0.717, 1.165) is 0 Å². The fraction of sp³-hybridized carbons (Fsp3) is 0.111. The van der Waals surface area contributed by atoms with Gasteiger partial charge in [-0.3, -0.25) is 9.59 Å². The number of hydrogen-bond acceptors (Lipinski definition) is 3. The van der Waals surface area contributed by atoms with Crippen molar-refractivity contribution >= 4 is 16.9 Å². The largest absolute Gasteiger partial charge is 0.450 e. The normalized spacial score (nSPS) is 16.9. The Labute approximate surface area is 130 Å². The van der Waals surface area contributed by atoms with Crippen LogP contribution in [0.5, 0.6) is 0 Å². The summed E-state index contributed by atoms with van der Waals surface area (Å²) in [6, 6.07) is 12.1. The van der Waals surface area contributed by atoms with Crippen molar-refractivity contribution in [1.82, 2.24) is 4.90 Å². The lowest BCUT2D eigenvalue weighted by Gasteiger charge is -2.20. The summed E-state index contributed by atoms with van der Waals surface area (Å²) in [7, 11) is 1.58. The van der Waals surface area contributed by atoms with Crippen LogP contribution in [0.25, 0.3) is 11.0 Å². The minimum absolute atomic E-state index is 0.0328. The molecule has 0 radical (unpaired) electrons. The lowest BCUT2D eigenvalue weighted by Crippen LogP contribution is -2.25. The van der Waals surface area contributed by atoms with Gasteiger partial charge in [0.2, 0.25) is 5.76 Å². The number of hydrogen-bond donors (Lipinski definition) is 0. The molecule has 1 amide bonds. The summed E-state index contributed by atoms with van der Waals surface area (Å²) in [4.78, 5) is 26.7. The van der Waals surface area contributed by atoms with E-state index in [-0.39, 0.29) is 22.7 Å². The van der Waals surface area contributed by atoms with Gasteiger partial charge in [-0.05, 0) is 29.8 Å². The van der Waals surface area contributed by atoms with E-state index >= 15 is 0 Å². The van der Waals surface area contributed by atoms with E-state index in [4.69, 9.17) is 4.42 Å². The third kappa shape index (κ3) is 1.90. The molecule has 5 heteroatoms. The summed E-state index contributed by atoms with van der Waals surface area (Å²) in [6.07, 6.45) is 0. The Kier molecular flexibility index (Phi) is 2.84.